The Morgan fingerprint density at radius 3 is 2.88 bits per heavy atom. The smallest absolute Gasteiger partial charge is 0.225 e. The van der Waals surface area contributed by atoms with E-state index < -0.39 is 0 Å². The van der Waals surface area contributed by atoms with Crippen molar-refractivity contribution in [1.29, 1.82) is 0 Å². The zero-order valence-corrected chi connectivity index (χ0v) is 9.95. The first kappa shape index (κ1) is 13.6. The average Bonchev–Trinajstić information content (AvgIpc) is 2.30. The molecule has 4 heteroatoms. The van der Waals surface area contributed by atoms with Gasteiger partial charge in [0.2, 0.25) is 5.91 Å². The number of hydrogen-bond acceptors (Lipinski definition) is 2. The third-order valence-electron chi connectivity index (χ3n) is 2.69. The molecule has 1 unspecified atom stereocenters. The number of aliphatic hydroxyl groups excluding tert-OH is 1. The van der Waals surface area contributed by atoms with Gasteiger partial charge >= 0.3 is 0 Å². The summed E-state index contributed by atoms with van der Waals surface area (Å²) < 4.78 is 12.9. The van der Waals surface area contributed by atoms with Crippen LogP contribution in [0.4, 0.5) is 4.39 Å². The van der Waals surface area contributed by atoms with Gasteiger partial charge in [-0.05, 0) is 30.5 Å². The van der Waals surface area contributed by atoms with E-state index in [1.54, 1.807) is 6.07 Å². The van der Waals surface area contributed by atoms with Crippen LogP contribution in [0.2, 0.25) is 0 Å². The molecule has 0 saturated carbocycles. The Morgan fingerprint density at radius 1 is 1.53 bits per heavy atom. The molecule has 1 aromatic rings. The van der Waals surface area contributed by atoms with Crippen LogP contribution in [0.5, 0.6) is 0 Å². The maximum Gasteiger partial charge on any atom is 0.225 e. The number of halogens is 1. The molecule has 0 aliphatic heterocycles. The molecule has 0 saturated heterocycles. The van der Waals surface area contributed by atoms with E-state index in [1.165, 1.54) is 12.1 Å². The number of carbonyl (C=O) groups is 1. The van der Waals surface area contributed by atoms with Crippen LogP contribution in [0.25, 0.3) is 0 Å². The third-order valence-corrected chi connectivity index (χ3v) is 2.69. The molecule has 1 amide bonds. The van der Waals surface area contributed by atoms with Crippen molar-refractivity contribution in [3.05, 3.63) is 35.6 Å². The maximum atomic E-state index is 12.9. The van der Waals surface area contributed by atoms with Crippen LogP contribution in [0.15, 0.2) is 24.3 Å². The fourth-order valence-electron chi connectivity index (χ4n) is 1.56. The van der Waals surface area contributed by atoms with Gasteiger partial charge in [-0.25, -0.2) is 4.39 Å². The summed E-state index contributed by atoms with van der Waals surface area (Å²) in [4.78, 5) is 11.5. The molecule has 17 heavy (non-hydrogen) atoms. The quantitative estimate of drug-likeness (QED) is 0.790. The van der Waals surface area contributed by atoms with Gasteiger partial charge in [-0.2, -0.15) is 0 Å². The minimum atomic E-state index is -0.345. The zero-order chi connectivity index (χ0) is 12.7. The standard InChI is InChI=1S/C13H18FNO2/c1-2-11(9-16)13(17)15-7-6-10-4-3-5-12(14)8-10/h3-5,8,11,16H,2,6-7,9H2,1H3,(H,15,17). The summed E-state index contributed by atoms with van der Waals surface area (Å²) in [6, 6.07) is 6.31. The van der Waals surface area contributed by atoms with Crippen molar-refractivity contribution in [3.8, 4) is 0 Å². The molecule has 0 bridgehead atoms. The summed E-state index contributed by atoms with van der Waals surface area (Å²) in [6.45, 7) is 2.17. The molecule has 0 aromatic heterocycles. The highest BCUT2D eigenvalue weighted by Crippen LogP contribution is 2.04. The van der Waals surface area contributed by atoms with Gasteiger partial charge in [-0.3, -0.25) is 4.79 Å². The lowest BCUT2D eigenvalue weighted by atomic mass is 10.1. The number of rotatable bonds is 6. The van der Waals surface area contributed by atoms with Crippen LogP contribution in [0.3, 0.4) is 0 Å². The molecule has 1 atom stereocenters. The van der Waals surface area contributed by atoms with Crippen LogP contribution < -0.4 is 5.32 Å². The number of amides is 1. The first-order valence-electron chi connectivity index (χ1n) is 5.80. The highest BCUT2D eigenvalue weighted by molar-refractivity contribution is 5.78. The zero-order valence-electron chi connectivity index (χ0n) is 9.95. The predicted octanol–water partition coefficient (Wildman–Crippen LogP) is 1.50. The Morgan fingerprint density at radius 2 is 2.29 bits per heavy atom. The van der Waals surface area contributed by atoms with E-state index >= 15 is 0 Å². The van der Waals surface area contributed by atoms with E-state index in [0.29, 0.717) is 19.4 Å². The van der Waals surface area contributed by atoms with E-state index in [9.17, 15) is 9.18 Å². The number of carbonyl (C=O) groups excluding carboxylic acids is 1. The Balaban J connectivity index is 2.35. The topological polar surface area (TPSA) is 49.3 Å². The Bertz CT molecular complexity index is 364. The maximum absolute atomic E-state index is 12.9. The van der Waals surface area contributed by atoms with Crippen molar-refractivity contribution in [1.82, 2.24) is 5.32 Å². The van der Waals surface area contributed by atoms with Crippen LogP contribution in [-0.2, 0) is 11.2 Å². The fourth-order valence-corrected chi connectivity index (χ4v) is 1.56. The predicted molar refractivity (Wildman–Crippen MR) is 64.0 cm³/mol. The van der Waals surface area contributed by atoms with Gasteiger partial charge in [0.05, 0.1) is 12.5 Å². The minimum Gasteiger partial charge on any atom is -0.396 e. The summed E-state index contributed by atoms with van der Waals surface area (Å²) in [5.74, 6) is -0.760. The summed E-state index contributed by atoms with van der Waals surface area (Å²) in [5.41, 5.74) is 0.849. The third kappa shape index (κ3) is 4.53. The van der Waals surface area contributed by atoms with Gasteiger partial charge in [-0.15, -0.1) is 0 Å². The van der Waals surface area contributed by atoms with Crippen LogP contribution in [0, 0.1) is 11.7 Å². The molecular weight excluding hydrogens is 221 g/mol. The summed E-state index contributed by atoms with van der Waals surface area (Å²) >= 11 is 0. The second kappa shape index (κ2) is 7.01. The van der Waals surface area contributed by atoms with Gasteiger partial charge in [0, 0.05) is 6.54 Å². The van der Waals surface area contributed by atoms with Gasteiger partial charge in [0.1, 0.15) is 5.82 Å². The Hall–Kier alpha value is -1.42. The largest absolute Gasteiger partial charge is 0.396 e. The lowest BCUT2D eigenvalue weighted by Gasteiger charge is -2.11. The first-order valence-corrected chi connectivity index (χ1v) is 5.80. The van der Waals surface area contributed by atoms with E-state index in [2.05, 4.69) is 5.32 Å². The molecule has 0 radical (unpaired) electrons. The van der Waals surface area contributed by atoms with Crippen molar-refractivity contribution in [2.45, 2.75) is 19.8 Å². The van der Waals surface area contributed by atoms with E-state index in [0.717, 1.165) is 5.56 Å². The molecule has 3 nitrogen and oxygen atoms in total. The van der Waals surface area contributed by atoms with E-state index in [4.69, 9.17) is 5.11 Å². The number of nitrogens with one attached hydrogen (secondary N) is 1. The van der Waals surface area contributed by atoms with Crippen molar-refractivity contribution in [2.24, 2.45) is 5.92 Å². The molecular formula is C13H18FNO2. The Kier molecular flexibility index (Phi) is 5.63. The molecule has 0 aliphatic rings. The molecule has 1 aromatic carbocycles. The molecule has 0 fully saturated rings. The molecule has 0 spiro atoms. The SMILES string of the molecule is CCC(CO)C(=O)NCCc1cccc(F)c1. The van der Waals surface area contributed by atoms with Gasteiger partial charge in [0.25, 0.3) is 0 Å². The molecule has 0 heterocycles. The van der Waals surface area contributed by atoms with Crippen molar-refractivity contribution < 1.29 is 14.3 Å². The average molecular weight is 239 g/mol. The number of aliphatic hydroxyl groups is 1. The number of hydrogen-bond donors (Lipinski definition) is 2. The van der Waals surface area contributed by atoms with Crippen molar-refractivity contribution in [3.63, 3.8) is 0 Å². The number of benzene rings is 1. The van der Waals surface area contributed by atoms with E-state index in [1.807, 2.05) is 13.0 Å². The van der Waals surface area contributed by atoms with Crippen LogP contribution >= 0.6 is 0 Å². The van der Waals surface area contributed by atoms with Crippen molar-refractivity contribution >= 4 is 5.91 Å². The molecule has 94 valence electrons. The van der Waals surface area contributed by atoms with E-state index in [-0.39, 0.29) is 24.2 Å². The molecule has 2 N–H and O–H groups in total. The highest BCUT2D eigenvalue weighted by Gasteiger charge is 2.13. The fraction of sp³-hybridized carbons (Fsp3) is 0.462. The monoisotopic (exact) mass is 239 g/mol. The summed E-state index contributed by atoms with van der Waals surface area (Å²) in [6.07, 6.45) is 1.20. The highest BCUT2D eigenvalue weighted by atomic mass is 19.1. The van der Waals surface area contributed by atoms with Crippen LogP contribution in [0.1, 0.15) is 18.9 Å². The van der Waals surface area contributed by atoms with Crippen molar-refractivity contribution in [2.75, 3.05) is 13.2 Å². The molecule has 0 aliphatic carbocycles. The summed E-state index contributed by atoms with van der Waals surface area (Å²) in [5, 5.41) is 11.7. The molecule has 1 rings (SSSR count). The first-order chi connectivity index (χ1) is 8.17. The summed E-state index contributed by atoms with van der Waals surface area (Å²) in [7, 11) is 0. The lowest BCUT2D eigenvalue weighted by molar-refractivity contribution is -0.126. The lowest BCUT2D eigenvalue weighted by Crippen LogP contribution is -2.33. The normalized spacial score (nSPS) is 12.2. The van der Waals surface area contributed by atoms with Crippen LogP contribution in [-0.4, -0.2) is 24.2 Å². The minimum absolute atomic E-state index is 0.137. The second-order valence-electron chi connectivity index (χ2n) is 3.96. The Labute approximate surface area is 101 Å². The van der Waals surface area contributed by atoms with Gasteiger partial charge in [0.15, 0.2) is 0 Å². The second-order valence-corrected chi connectivity index (χ2v) is 3.96. The van der Waals surface area contributed by atoms with Gasteiger partial charge < -0.3 is 10.4 Å². The van der Waals surface area contributed by atoms with Gasteiger partial charge in [-0.1, -0.05) is 19.1 Å².